The van der Waals surface area contributed by atoms with Crippen LogP contribution in [0, 0.1) is 0 Å². The van der Waals surface area contributed by atoms with E-state index in [0.29, 0.717) is 11.8 Å². The Bertz CT molecular complexity index is 1280. The summed E-state index contributed by atoms with van der Waals surface area (Å²) in [6.07, 6.45) is 0. The molecule has 14 heteroatoms. The number of benzene rings is 2. The van der Waals surface area contributed by atoms with Gasteiger partial charge in [0.15, 0.2) is 0 Å². The average Bonchev–Trinajstić information content (AvgIpc) is 2.54. The van der Waals surface area contributed by atoms with Crippen LogP contribution in [0.2, 0.25) is 19.5 Å². The molecule has 0 bridgehead atoms. The summed E-state index contributed by atoms with van der Waals surface area (Å²) in [6, 6.07) is 4.74. The number of fused-ring (bicyclic) bond motifs is 2. The second kappa shape index (κ2) is 7.61. The van der Waals surface area contributed by atoms with Crippen molar-refractivity contribution < 1.29 is 36.7 Å². The first-order chi connectivity index (χ1) is 13.4. The molecule has 1 aliphatic heterocycles. The molecule has 0 spiro atoms. The van der Waals surface area contributed by atoms with Crippen LogP contribution in [0.25, 0.3) is 0 Å². The predicted molar refractivity (Wildman–Crippen MR) is 112 cm³/mol. The van der Waals surface area contributed by atoms with Gasteiger partial charge in [0.1, 0.15) is 0 Å². The normalized spacial score (nSPS) is 14.6. The van der Waals surface area contributed by atoms with Gasteiger partial charge in [-0.15, -0.1) is 0 Å². The third kappa shape index (κ3) is 4.56. The van der Waals surface area contributed by atoms with Crippen molar-refractivity contribution in [3.8, 4) is 11.5 Å². The van der Waals surface area contributed by atoms with Crippen LogP contribution in [-0.2, 0) is 26.3 Å². The summed E-state index contributed by atoms with van der Waals surface area (Å²) in [6.45, 7) is 0. The Labute approximate surface area is 186 Å². The first-order valence-corrected chi connectivity index (χ1v) is 26.7. The summed E-state index contributed by atoms with van der Waals surface area (Å²) < 4.78 is 99.0. The first kappa shape index (κ1) is 24.3. The van der Waals surface area contributed by atoms with Crippen molar-refractivity contribution in [1.29, 1.82) is 0 Å². The standard InChI is InChI=1S/C12H6O7S3.4CH3.2O.2Sb/c13-21(14,15)9-5-1-3-7-11(9)20-12-8(19-7)4-2-6-10(12)22(16,17)18;;;;;;;;/h1-2,5-6H,(H,13,14,15)(H,16,17,18);4*1H3;;;;. The molecule has 3 rings (SSSR count). The molecule has 1 heterocycles. The van der Waals surface area contributed by atoms with Gasteiger partial charge in [0.05, 0.1) is 0 Å². The maximum atomic E-state index is 12.9. The summed E-state index contributed by atoms with van der Waals surface area (Å²) in [4.78, 5) is 4.68. The van der Waals surface area contributed by atoms with Crippen molar-refractivity contribution in [2.45, 2.75) is 39.1 Å². The van der Waals surface area contributed by atoms with E-state index in [1.54, 1.807) is 0 Å². The molecule has 0 aliphatic carbocycles. The van der Waals surface area contributed by atoms with Crippen molar-refractivity contribution >= 4 is 76.6 Å². The van der Waals surface area contributed by atoms with Crippen LogP contribution in [0.4, 0.5) is 0 Å². The molecule has 0 saturated heterocycles. The zero-order chi connectivity index (χ0) is 22.9. The topological polar surface area (TPSA) is 152 Å². The van der Waals surface area contributed by atoms with Crippen molar-refractivity contribution in [1.82, 2.24) is 0 Å². The van der Waals surface area contributed by atoms with Gasteiger partial charge in [-0.2, -0.15) is 0 Å². The van der Waals surface area contributed by atoms with Crippen LogP contribution in [0.3, 0.4) is 0 Å². The Hall–Kier alpha value is -0.354. The van der Waals surface area contributed by atoms with E-state index in [4.69, 9.17) is 4.74 Å². The fraction of sp³-hybridized carbons (Fsp3) is 0.250. The summed E-state index contributed by atoms with van der Waals surface area (Å²) in [5.41, 5.74) is 0. The molecule has 0 amide bonds. The Morgan fingerprint density at radius 2 is 1.07 bits per heavy atom. The number of hydrogen-bond donors (Lipinski definition) is 2. The quantitative estimate of drug-likeness (QED) is 0.307. The first-order valence-electron chi connectivity index (χ1n) is 8.18. The van der Waals surface area contributed by atoms with Crippen LogP contribution in [0.5, 0.6) is 11.5 Å². The van der Waals surface area contributed by atoms with E-state index in [1.165, 1.54) is 31.6 Å². The minimum atomic E-state index is -4.74. The zero-order valence-electron chi connectivity index (χ0n) is 16.2. The molecule has 2 N–H and O–H groups in total. The molecule has 0 atom stereocenters. The van der Waals surface area contributed by atoms with Crippen LogP contribution >= 0.6 is 11.8 Å². The summed E-state index contributed by atoms with van der Waals surface area (Å²) in [5, 5.41) is 0. The minimum absolute atomic E-state index is 0.0869. The molecule has 0 aromatic heterocycles. The SMILES string of the molecule is [CH3][Sb]([CH3])(=[O])[c]1ccc(S(=O)(=O)O)c2c1Oc1[c]([Sb]([CH3])([CH3])=[O])ccc(S(=O)(=O)O)c1S2. The third-order valence-corrected chi connectivity index (χ3v) is 16.1. The van der Waals surface area contributed by atoms with Crippen LogP contribution in [0.1, 0.15) is 0 Å². The van der Waals surface area contributed by atoms with Gasteiger partial charge in [-0.1, -0.05) is 0 Å². The van der Waals surface area contributed by atoms with E-state index in [0.717, 1.165) is 12.1 Å². The Morgan fingerprint density at radius 1 is 0.733 bits per heavy atom. The Morgan fingerprint density at radius 3 is 1.33 bits per heavy atom. The van der Waals surface area contributed by atoms with E-state index in [1.807, 2.05) is 0 Å². The monoisotopic (exact) mass is 692 g/mol. The molecule has 30 heavy (non-hydrogen) atoms. The van der Waals surface area contributed by atoms with Crippen LogP contribution in [-0.4, -0.2) is 63.5 Å². The second-order valence-corrected chi connectivity index (χ2v) is 29.3. The molecule has 2 aromatic carbocycles. The Balaban J connectivity index is 2.47. The molecule has 2 aromatic rings. The van der Waals surface area contributed by atoms with Gasteiger partial charge in [0.25, 0.3) is 0 Å². The van der Waals surface area contributed by atoms with Crippen molar-refractivity contribution in [2.24, 2.45) is 0 Å². The van der Waals surface area contributed by atoms with Crippen LogP contribution < -0.4 is 11.8 Å². The molecule has 0 saturated carbocycles. The van der Waals surface area contributed by atoms with Gasteiger partial charge in [-0.25, -0.2) is 0 Å². The van der Waals surface area contributed by atoms with Gasteiger partial charge in [-0.05, 0) is 0 Å². The van der Waals surface area contributed by atoms with E-state index in [9.17, 15) is 32.0 Å². The molecular formula is C16H18O9S3Sb2. The fourth-order valence-electron chi connectivity index (χ4n) is 2.92. The molecule has 1 aliphatic rings. The fourth-order valence-corrected chi connectivity index (χ4v) is 12.6. The van der Waals surface area contributed by atoms with Gasteiger partial charge in [-0.3, -0.25) is 0 Å². The van der Waals surface area contributed by atoms with E-state index >= 15 is 0 Å². The second-order valence-electron chi connectivity index (χ2n) is 7.34. The average molecular weight is 694 g/mol. The van der Waals surface area contributed by atoms with E-state index < -0.39 is 67.6 Å². The summed E-state index contributed by atoms with van der Waals surface area (Å²) in [7, 11) is -9.48. The predicted octanol–water partition coefficient (Wildman–Crippen LogP) is 2.12. The maximum absolute atomic E-state index is 12.9. The molecule has 0 fully saturated rings. The van der Waals surface area contributed by atoms with Crippen molar-refractivity contribution in [2.75, 3.05) is 0 Å². The van der Waals surface area contributed by atoms with Gasteiger partial charge in [0.2, 0.25) is 0 Å². The molecule has 0 radical (unpaired) electrons. The number of hydrogen-bond acceptors (Lipinski definition) is 8. The van der Waals surface area contributed by atoms with Gasteiger partial charge in [0, 0.05) is 0 Å². The Kier molecular flexibility index (Phi) is 6.16. The van der Waals surface area contributed by atoms with E-state index in [2.05, 4.69) is 0 Å². The van der Waals surface area contributed by atoms with E-state index in [-0.39, 0.29) is 28.3 Å². The molecule has 0 unspecified atom stereocenters. The van der Waals surface area contributed by atoms with Crippen LogP contribution in [0.15, 0.2) is 43.8 Å². The molecule has 9 nitrogen and oxygen atoms in total. The van der Waals surface area contributed by atoms with Gasteiger partial charge >= 0.3 is 188 Å². The van der Waals surface area contributed by atoms with Gasteiger partial charge < -0.3 is 0 Å². The molecular weight excluding hydrogens is 676 g/mol. The third-order valence-electron chi connectivity index (χ3n) is 4.23. The summed E-state index contributed by atoms with van der Waals surface area (Å²) >= 11 is -7.41. The number of ether oxygens (including phenoxy) is 1. The zero-order valence-corrected chi connectivity index (χ0v) is 23.7. The number of rotatable bonds is 4. The van der Waals surface area contributed by atoms with Crippen molar-refractivity contribution in [3.05, 3.63) is 24.3 Å². The summed E-state index contributed by atoms with van der Waals surface area (Å²) in [5.74, 6) is -0.174. The molecule has 164 valence electrons. The van der Waals surface area contributed by atoms with Crippen molar-refractivity contribution in [3.63, 3.8) is 0 Å².